The minimum atomic E-state index is -1.42. The van der Waals surface area contributed by atoms with Gasteiger partial charge in [-0.25, -0.2) is 0 Å². The van der Waals surface area contributed by atoms with E-state index in [4.69, 9.17) is 5.73 Å². The summed E-state index contributed by atoms with van der Waals surface area (Å²) >= 11 is 0. The van der Waals surface area contributed by atoms with Crippen molar-refractivity contribution in [2.75, 3.05) is 5.73 Å². The second-order valence-electron chi connectivity index (χ2n) is 1.33. The van der Waals surface area contributed by atoms with Crippen LogP contribution in [0.1, 0.15) is 10.6 Å². The molecule has 6 nitrogen and oxygen atoms in total. The topological polar surface area (TPSA) is 108 Å². The van der Waals surface area contributed by atoms with E-state index in [9.17, 15) is 9.90 Å². The Morgan fingerprint density at radius 2 is 2.44 bits per heavy atom. The van der Waals surface area contributed by atoms with E-state index in [-0.39, 0.29) is 11.8 Å². The third kappa shape index (κ3) is 0.958. The number of aromatic amines is 1. The molecule has 0 saturated heterocycles. The molecule has 1 aromatic rings. The average molecular weight is 127 g/mol. The van der Waals surface area contributed by atoms with Crippen molar-refractivity contribution in [2.24, 2.45) is 0 Å². The fraction of sp³-hybridized carbons (Fsp3) is 0. The number of aromatic carboxylic acids is 1. The Morgan fingerprint density at radius 1 is 1.78 bits per heavy atom. The molecule has 1 aromatic heterocycles. The Hall–Kier alpha value is -1.59. The van der Waals surface area contributed by atoms with Gasteiger partial charge in [0.25, 0.3) is 0 Å². The molecule has 0 amide bonds. The number of aromatic nitrogens is 3. The second kappa shape index (κ2) is 1.73. The van der Waals surface area contributed by atoms with Gasteiger partial charge in [0.15, 0.2) is 5.82 Å². The van der Waals surface area contributed by atoms with Crippen LogP contribution in [-0.2, 0) is 0 Å². The zero-order valence-electron chi connectivity index (χ0n) is 4.29. The molecular weight excluding hydrogens is 124 g/mol. The van der Waals surface area contributed by atoms with Crippen LogP contribution in [-0.4, -0.2) is 21.2 Å². The maximum atomic E-state index is 9.91. The van der Waals surface area contributed by atoms with Crippen LogP contribution in [0, 0.1) is 0 Å². The lowest BCUT2D eigenvalue weighted by Gasteiger charge is -1.90. The number of anilines is 1. The Bertz CT molecular complexity index is 229. The Kier molecular flexibility index (Phi) is 1.07. The molecule has 9 heavy (non-hydrogen) atoms. The molecule has 1 heterocycles. The normalized spacial score (nSPS) is 9.33. The molecule has 0 aromatic carbocycles. The number of H-pyrrole nitrogens is 1. The molecule has 1 rings (SSSR count). The van der Waals surface area contributed by atoms with Gasteiger partial charge in [-0.3, -0.25) is 5.10 Å². The van der Waals surface area contributed by atoms with Gasteiger partial charge in [0.05, 0.1) is 0 Å². The van der Waals surface area contributed by atoms with E-state index in [1.165, 1.54) is 0 Å². The number of hydrogen-bond acceptors (Lipinski definition) is 5. The second-order valence-corrected chi connectivity index (χ2v) is 1.33. The first-order chi connectivity index (χ1) is 4.20. The summed E-state index contributed by atoms with van der Waals surface area (Å²) in [6.07, 6.45) is 0. The molecule has 0 aliphatic rings. The summed E-state index contributed by atoms with van der Waals surface area (Å²) in [7, 11) is 0. The van der Waals surface area contributed by atoms with Crippen molar-refractivity contribution in [3.05, 3.63) is 5.82 Å². The van der Waals surface area contributed by atoms with Gasteiger partial charge in [-0.2, -0.15) is 4.98 Å². The van der Waals surface area contributed by atoms with Crippen LogP contribution in [0.25, 0.3) is 0 Å². The van der Waals surface area contributed by atoms with Gasteiger partial charge >= 0.3 is 0 Å². The summed E-state index contributed by atoms with van der Waals surface area (Å²) in [4.78, 5) is 13.2. The zero-order valence-corrected chi connectivity index (χ0v) is 4.29. The van der Waals surface area contributed by atoms with E-state index in [2.05, 4.69) is 15.2 Å². The first-order valence-corrected chi connectivity index (χ1v) is 2.09. The van der Waals surface area contributed by atoms with Crippen LogP contribution in [0.15, 0.2) is 0 Å². The number of nitrogens with one attached hydrogen (secondary N) is 1. The van der Waals surface area contributed by atoms with Gasteiger partial charge < -0.3 is 15.6 Å². The van der Waals surface area contributed by atoms with E-state index < -0.39 is 5.97 Å². The summed E-state index contributed by atoms with van der Waals surface area (Å²) in [6, 6.07) is 0. The van der Waals surface area contributed by atoms with Crippen molar-refractivity contribution >= 4 is 11.9 Å². The molecule has 0 unspecified atom stereocenters. The molecule has 6 heteroatoms. The van der Waals surface area contributed by atoms with E-state index in [1.807, 2.05) is 0 Å². The standard InChI is InChI=1S/C3H4N4O2/c4-3-5-1(2(8)9)6-7-3/h(H,8,9)(H3,4,5,6,7)/p-1. The highest BCUT2D eigenvalue weighted by Crippen LogP contribution is 1.88. The van der Waals surface area contributed by atoms with Gasteiger partial charge in [-0.15, -0.1) is 5.10 Å². The molecule has 48 valence electrons. The predicted molar refractivity (Wildman–Crippen MR) is 25.1 cm³/mol. The lowest BCUT2D eigenvalue weighted by Crippen LogP contribution is -2.23. The Labute approximate surface area is 49.7 Å². The quantitative estimate of drug-likeness (QED) is 0.443. The number of carboxylic acid groups (broad SMARTS) is 1. The monoisotopic (exact) mass is 127 g/mol. The Morgan fingerprint density at radius 3 is 2.67 bits per heavy atom. The number of nitrogens with two attached hydrogens (primary N) is 1. The number of carboxylic acids is 1. The fourth-order valence-corrected chi connectivity index (χ4v) is 0.366. The maximum absolute atomic E-state index is 9.91. The summed E-state index contributed by atoms with van der Waals surface area (Å²) in [5, 5.41) is 15.2. The highest BCUT2D eigenvalue weighted by molar-refractivity contribution is 5.81. The minimum Gasteiger partial charge on any atom is -0.542 e. The molecule has 0 aliphatic heterocycles. The first kappa shape index (κ1) is 5.54. The highest BCUT2D eigenvalue weighted by Gasteiger charge is 1.96. The smallest absolute Gasteiger partial charge is 0.239 e. The van der Waals surface area contributed by atoms with E-state index in [0.717, 1.165) is 0 Å². The lowest BCUT2D eigenvalue weighted by molar-refractivity contribution is -0.256. The van der Waals surface area contributed by atoms with Gasteiger partial charge in [0.2, 0.25) is 5.95 Å². The molecule has 3 N–H and O–H groups in total. The van der Waals surface area contributed by atoms with Gasteiger partial charge in [-0.1, -0.05) is 0 Å². The van der Waals surface area contributed by atoms with Gasteiger partial charge in [-0.05, 0) is 0 Å². The number of nitrogen functional groups attached to an aromatic ring is 1. The number of hydrogen-bond donors (Lipinski definition) is 2. The van der Waals surface area contributed by atoms with Gasteiger partial charge in [0.1, 0.15) is 5.97 Å². The third-order valence-corrected chi connectivity index (χ3v) is 0.696. The minimum absolute atomic E-state index is 0.103. The molecule has 0 spiro atoms. The number of rotatable bonds is 1. The van der Waals surface area contributed by atoms with Crippen LogP contribution in [0.4, 0.5) is 5.95 Å². The fourth-order valence-electron chi connectivity index (χ4n) is 0.366. The molecular formula is C3H3N4O2-. The summed E-state index contributed by atoms with van der Waals surface area (Å²) in [5.74, 6) is -1.87. The van der Waals surface area contributed by atoms with E-state index in [1.54, 1.807) is 0 Å². The predicted octanol–water partition coefficient (Wildman–Crippen LogP) is -2.25. The largest absolute Gasteiger partial charge is 0.542 e. The molecule has 0 bridgehead atoms. The molecule has 0 radical (unpaired) electrons. The van der Waals surface area contributed by atoms with Crippen molar-refractivity contribution < 1.29 is 9.90 Å². The van der Waals surface area contributed by atoms with Crippen molar-refractivity contribution in [3.63, 3.8) is 0 Å². The number of carbonyl (C=O) groups excluding carboxylic acids is 1. The van der Waals surface area contributed by atoms with Crippen molar-refractivity contribution in [2.45, 2.75) is 0 Å². The van der Waals surface area contributed by atoms with Crippen LogP contribution < -0.4 is 10.8 Å². The van der Waals surface area contributed by atoms with Crippen molar-refractivity contribution in [3.8, 4) is 0 Å². The molecule has 0 atom stereocenters. The molecule has 0 fully saturated rings. The number of nitrogens with zero attached hydrogens (tertiary/aromatic N) is 2. The van der Waals surface area contributed by atoms with E-state index in [0.29, 0.717) is 0 Å². The van der Waals surface area contributed by atoms with Crippen molar-refractivity contribution in [1.29, 1.82) is 0 Å². The summed E-state index contributed by atoms with van der Waals surface area (Å²) in [5.41, 5.74) is 4.97. The Balaban J connectivity index is 2.98. The highest BCUT2D eigenvalue weighted by atomic mass is 16.4. The SMILES string of the molecule is Nc1n[nH]c(C(=O)[O-])n1. The first-order valence-electron chi connectivity index (χ1n) is 2.09. The number of carbonyl (C=O) groups is 1. The van der Waals surface area contributed by atoms with Crippen LogP contribution in [0.5, 0.6) is 0 Å². The van der Waals surface area contributed by atoms with Crippen LogP contribution >= 0.6 is 0 Å². The maximum Gasteiger partial charge on any atom is 0.239 e. The van der Waals surface area contributed by atoms with Gasteiger partial charge in [0, 0.05) is 0 Å². The van der Waals surface area contributed by atoms with Crippen LogP contribution in [0.2, 0.25) is 0 Å². The molecule has 0 saturated carbocycles. The summed E-state index contributed by atoms with van der Waals surface area (Å²) in [6.45, 7) is 0. The average Bonchev–Trinajstić information content (AvgIpc) is 2.14. The van der Waals surface area contributed by atoms with E-state index >= 15 is 0 Å². The molecule has 0 aliphatic carbocycles. The van der Waals surface area contributed by atoms with Crippen LogP contribution in [0.3, 0.4) is 0 Å². The lowest BCUT2D eigenvalue weighted by atomic mass is 10.6. The third-order valence-electron chi connectivity index (χ3n) is 0.696. The summed E-state index contributed by atoms with van der Waals surface area (Å²) < 4.78 is 0. The zero-order chi connectivity index (χ0) is 6.85. The van der Waals surface area contributed by atoms with Crippen molar-refractivity contribution in [1.82, 2.24) is 15.2 Å².